The zero-order chi connectivity index (χ0) is 11.7. The number of benzene rings is 1. The lowest BCUT2D eigenvalue weighted by molar-refractivity contribution is 0.0927. The van der Waals surface area contributed by atoms with Gasteiger partial charge in [-0.1, -0.05) is 12.5 Å². The van der Waals surface area contributed by atoms with Crippen LogP contribution in [-0.4, -0.2) is 18.2 Å². The summed E-state index contributed by atoms with van der Waals surface area (Å²) in [6.07, 6.45) is 6.78. The molecule has 0 spiro atoms. The Morgan fingerprint density at radius 3 is 2.65 bits per heavy atom. The molecule has 1 N–H and O–H groups in total. The highest BCUT2D eigenvalue weighted by atomic mass is 127. The minimum absolute atomic E-state index is 0.407. The molecular weight excluding hydrogens is 325 g/mol. The molecule has 3 rings (SSSR count). The summed E-state index contributed by atoms with van der Waals surface area (Å²) in [5.41, 5.74) is 0. The van der Waals surface area contributed by atoms with Crippen LogP contribution in [0.4, 0.5) is 0 Å². The fraction of sp³-hybridized carbons (Fsp3) is 0.571. The van der Waals surface area contributed by atoms with Crippen molar-refractivity contribution in [3.63, 3.8) is 0 Å². The van der Waals surface area contributed by atoms with Crippen molar-refractivity contribution in [1.82, 2.24) is 5.32 Å². The van der Waals surface area contributed by atoms with Gasteiger partial charge in [0.2, 0.25) is 0 Å². The third-order valence-electron chi connectivity index (χ3n) is 3.77. The van der Waals surface area contributed by atoms with Gasteiger partial charge >= 0.3 is 0 Å². The number of rotatable bonds is 2. The minimum Gasteiger partial charge on any atom is -0.490 e. The van der Waals surface area contributed by atoms with E-state index in [0.29, 0.717) is 18.2 Å². The molecule has 3 atom stereocenters. The van der Waals surface area contributed by atoms with Crippen LogP contribution < -0.4 is 10.1 Å². The summed E-state index contributed by atoms with van der Waals surface area (Å²) < 4.78 is 7.37. The Hall–Kier alpha value is -0.290. The second-order valence-corrected chi connectivity index (χ2v) is 6.41. The average molecular weight is 343 g/mol. The highest BCUT2D eigenvalue weighted by Crippen LogP contribution is 2.28. The largest absolute Gasteiger partial charge is 0.490 e. The summed E-state index contributed by atoms with van der Waals surface area (Å²) in [4.78, 5) is 0. The maximum Gasteiger partial charge on any atom is 0.120 e. The van der Waals surface area contributed by atoms with Crippen LogP contribution >= 0.6 is 22.6 Å². The van der Waals surface area contributed by atoms with E-state index in [1.165, 1.54) is 35.7 Å². The summed E-state index contributed by atoms with van der Waals surface area (Å²) in [5, 5.41) is 3.70. The first kappa shape index (κ1) is 11.8. The normalized spacial score (nSPS) is 32.2. The Morgan fingerprint density at radius 2 is 1.94 bits per heavy atom. The number of halogens is 1. The SMILES string of the molecule is Ic1cccc(OC2C[C@H]3CCC[C@@H](C2)N3)c1. The molecule has 1 aromatic rings. The number of hydrogen-bond acceptors (Lipinski definition) is 2. The Labute approximate surface area is 116 Å². The molecule has 2 aliphatic rings. The van der Waals surface area contributed by atoms with Gasteiger partial charge in [0.15, 0.2) is 0 Å². The Balaban J connectivity index is 1.65. The van der Waals surface area contributed by atoms with Crippen molar-refractivity contribution in [2.24, 2.45) is 0 Å². The Bertz CT molecular complexity index is 384. The summed E-state index contributed by atoms with van der Waals surface area (Å²) in [5.74, 6) is 1.03. The minimum atomic E-state index is 0.407. The Kier molecular flexibility index (Phi) is 3.56. The summed E-state index contributed by atoms with van der Waals surface area (Å²) >= 11 is 2.33. The van der Waals surface area contributed by atoms with Crippen molar-refractivity contribution in [3.05, 3.63) is 27.8 Å². The predicted octanol–water partition coefficient (Wildman–Crippen LogP) is 3.34. The first-order chi connectivity index (χ1) is 8.29. The molecule has 2 aliphatic heterocycles. The van der Waals surface area contributed by atoms with E-state index in [4.69, 9.17) is 4.74 Å². The molecule has 2 fully saturated rings. The topological polar surface area (TPSA) is 21.3 Å². The van der Waals surface area contributed by atoms with Crippen molar-refractivity contribution >= 4 is 22.6 Å². The summed E-state index contributed by atoms with van der Waals surface area (Å²) in [6, 6.07) is 9.74. The molecule has 17 heavy (non-hydrogen) atoms. The van der Waals surface area contributed by atoms with Crippen LogP contribution in [-0.2, 0) is 0 Å². The van der Waals surface area contributed by atoms with Gasteiger partial charge in [0.25, 0.3) is 0 Å². The van der Waals surface area contributed by atoms with Gasteiger partial charge in [-0.25, -0.2) is 0 Å². The van der Waals surface area contributed by atoms with Gasteiger partial charge in [-0.05, 0) is 66.5 Å². The Morgan fingerprint density at radius 1 is 1.18 bits per heavy atom. The van der Waals surface area contributed by atoms with Crippen molar-refractivity contribution in [1.29, 1.82) is 0 Å². The molecular formula is C14H18INO. The van der Waals surface area contributed by atoms with Crippen LogP contribution in [0.3, 0.4) is 0 Å². The van der Waals surface area contributed by atoms with Crippen molar-refractivity contribution in [2.45, 2.75) is 50.3 Å². The highest BCUT2D eigenvalue weighted by Gasteiger charge is 2.32. The van der Waals surface area contributed by atoms with Crippen LogP contribution in [0.2, 0.25) is 0 Å². The van der Waals surface area contributed by atoms with Crippen LogP contribution in [0.1, 0.15) is 32.1 Å². The molecule has 2 bridgehead atoms. The maximum atomic E-state index is 6.13. The van der Waals surface area contributed by atoms with Gasteiger partial charge < -0.3 is 10.1 Å². The molecule has 0 aromatic heterocycles. The van der Waals surface area contributed by atoms with Crippen molar-refractivity contribution in [2.75, 3.05) is 0 Å². The van der Waals surface area contributed by atoms with Crippen molar-refractivity contribution < 1.29 is 4.74 Å². The number of ether oxygens (including phenoxy) is 1. The summed E-state index contributed by atoms with van der Waals surface area (Å²) in [7, 11) is 0. The third-order valence-corrected chi connectivity index (χ3v) is 4.44. The van der Waals surface area contributed by atoms with Gasteiger partial charge in [-0.2, -0.15) is 0 Å². The molecule has 2 heterocycles. The van der Waals surface area contributed by atoms with Crippen LogP contribution in [0.15, 0.2) is 24.3 Å². The molecule has 2 saturated heterocycles. The maximum absolute atomic E-state index is 6.13. The number of piperidine rings is 2. The number of hydrogen-bond donors (Lipinski definition) is 1. The quantitative estimate of drug-likeness (QED) is 0.832. The van der Waals surface area contributed by atoms with E-state index in [-0.39, 0.29) is 0 Å². The fourth-order valence-electron chi connectivity index (χ4n) is 3.04. The van der Waals surface area contributed by atoms with Gasteiger partial charge in [-0.3, -0.25) is 0 Å². The molecule has 0 aliphatic carbocycles. The third kappa shape index (κ3) is 2.94. The molecule has 2 nitrogen and oxygen atoms in total. The molecule has 92 valence electrons. The van der Waals surface area contributed by atoms with Gasteiger partial charge in [0.05, 0.1) is 0 Å². The zero-order valence-corrected chi connectivity index (χ0v) is 12.0. The first-order valence-electron chi connectivity index (χ1n) is 6.48. The van der Waals surface area contributed by atoms with Crippen LogP contribution in [0.25, 0.3) is 0 Å². The van der Waals surface area contributed by atoms with E-state index in [1.54, 1.807) is 0 Å². The molecule has 0 amide bonds. The fourth-order valence-corrected chi connectivity index (χ4v) is 3.56. The van der Waals surface area contributed by atoms with Crippen molar-refractivity contribution in [3.8, 4) is 5.75 Å². The van der Waals surface area contributed by atoms with E-state index < -0.39 is 0 Å². The molecule has 3 heteroatoms. The lowest BCUT2D eigenvalue weighted by Gasteiger charge is -2.40. The van der Waals surface area contributed by atoms with Crippen LogP contribution in [0.5, 0.6) is 5.75 Å². The molecule has 0 radical (unpaired) electrons. The van der Waals surface area contributed by atoms with Gasteiger partial charge in [-0.15, -0.1) is 0 Å². The standard InChI is InChI=1S/C14H18INO/c15-10-3-1-6-13(7-10)17-14-8-11-4-2-5-12(9-14)16-11/h1,3,6-7,11-12,14,16H,2,4-5,8-9H2/t11-,12+,14?. The second-order valence-electron chi connectivity index (χ2n) is 5.16. The molecule has 1 unspecified atom stereocenters. The van der Waals surface area contributed by atoms with Gasteiger partial charge in [0.1, 0.15) is 11.9 Å². The lowest BCUT2D eigenvalue weighted by atomic mass is 9.85. The van der Waals surface area contributed by atoms with E-state index in [1.807, 2.05) is 0 Å². The van der Waals surface area contributed by atoms with E-state index in [0.717, 1.165) is 5.75 Å². The highest BCUT2D eigenvalue weighted by molar-refractivity contribution is 14.1. The predicted molar refractivity (Wildman–Crippen MR) is 77.4 cm³/mol. The second kappa shape index (κ2) is 5.14. The lowest BCUT2D eigenvalue weighted by Crippen LogP contribution is -2.51. The zero-order valence-electron chi connectivity index (χ0n) is 9.86. The number of fused-ring (bicyclic) bond motifs is 2. The smallest absolute Gasteiger partial charge is 0.120 e. The van der Waals surface area contributed by atoms with E-state index in [9.17, 15) is 0 Å². The average Bonchev–Trinajstić information content (AvgIpc) is 2.28. The van der Waals surface area contributed by atoms with E-state index in [2.05, 4.69) is 52.2 Å². The molecule has 1 aromatic carbocycles. The molecule has 0 saturated carbocycles. The van der Waals surface area contributed by atoms with Crippen LogP contribution in [0, 0.1) is 3.57 Å². The van der Waals surface area contributed by atoms with Gasteiger partial charge in [0, 0.05) is 15.7 Å². The summed E-state index contributed by atoms with van der Waals surface area (Å²) in [6.45, 7) is 0. The monoisotopic (exact) mass is 343 g/mol. The number of nitrogens with one attached hydrogen (secondary N) is 1. The van der Waals surface area contributed by atoms with E-state index >= 15 is 0 Å². The first-order valence-corrected chi connectivity index (χ1v) is 7.56.